The lowest BCUT2D eigenvalue weighted by atomic mass is 10.2. The molecule has 1 fully saturated rings. The van der Waals surface area contributed by atoms with Crippen molar-refractivity contribution < 1.29 is 17.6 Å². The van der Waals surface area contributed by atoms with E-state index in [0.717, 1.165) is 42.3 Å². The topological polar surface area (TPSA) is 82.6 Å². The number of rotatable bonds is 7. The van der Waals surface area contributed by atoms with Crippen molar-refractivity contribution in [3.05, 3.63) is 59.4 Å². The van der Waals surface area contributed by atoms with Gasteiger partial charge in [-0.25, -0.2) is 22.5 Å². The number of hydrogen-bond acceptors (Lipinski definition) is 6. The molecule has 7 nitrogen and oxygen atoms in total. The normalized spacial score (nSPS) is 15.5. The number of nitrogens with one attached hydrogen (secondary N) is 1. The molecule has 0 saturated carbocycles. The second kappa shape index (κ2) is 9.39. The number of hydrogen-bond donors (Lipinski definition) is 1. The summed E-state index contributed by atoms with van der Waals surface area (Å²) in [7, 11) is -3.76. The molecule has 0 radical (unpaired) electrons. The molecule has 2 heterocycles. The molecular formula is C21H23FN4O3S2. The number of nitrogens with zero attached hydrogens (tertiary/aromatic N) is 3. The monoisotopic (exact) mass is 462 g/mol. The number of carbonyl (C=O) groups excluding carboxylic acids is 1. The smallest absolute Gasteiger partial charge is 0.240 e. The van der Waals surface area contributed by atoms with Gasteiger partial charge in [-0.2, -0.15) is 0 Å². The molecule has 0 bridgehead atoms. The predicted octanol–water partition coefficient (Wildman–Crippen LogP) is 2.45. The van der Waals surface area contributed by atoms with Crippen LogP contribution in [0.3, 0.4) is 0 Å². The summed E-state index contributed by atoms with van der Waals surface area (Å²) in [6.07, 6.45) is 0.0816. The van der Waals surface area contributed by atoms with Gasteiger partial charge in [-0.05, 0) is 36.4 Å². The summed E-state index contributed by atoms with van der Waals surface area (Å²) in [6.45, 7) is 3.48. The lowest BCUT2D eigenvalue weighted by molar-refractivity contribution is -0.132. The Hall–Kier alpha value is -2.40. The molecule has 0 atom stereocenters. The Morgan fingerprint density at radius 3 is 2.48 bits per heavy atom. The Labute approximate surface area is 184 Å². The van der Waals surface area contributed by atoms with Crippen molar-refractivity contribution >= 4 is 37.5 Å². The molecule has 3 aromatic rings. The third kappa shape index (κ3) is 5.45. The van der Waals surface area contributed by atoms with Crippen LogP contribution in [0.4, 0.5) is 4.39 Å². The molecule has 1 amide bonds. The van der Waals surface area contributed by atoms with E-state index in [1.165, 1.54) is 16.8 Å². The summed E-state index contributed by atoms with van der Waals surface area (Å²) < 4.78 is 41.0. The first kappa shape index (κ1) is 21.8. The van der Waals surface area contributed by atoms with Crippen LogP contribution in [0, 0.1) is 5.82 Å². The highest BCUT2D eigenvalue weighted by atomic mass is 32.2. The summed E-state index contributed by atoms with van der Waals surface area (Å²) in [5, 5.41) is 1.07. The highest BCUT2D eigenvalue weighted by molar-refractivity contribution is 7.89. The molecule has 0 aliphatic carbocycles. The highest BCUT2D eigenvalue weighted by Gasteiger charge is 2.22. The van der Waals surface area contributed by atoms with Crippen LogP contribution in [0.5, 0.6) is 0 Å². The van der Waals surface area contributed by atoms with Crippen molar-refractivity contribution in [2.45, 2.75) is 17.9 Å². The van der Waals surface area contributed by atoms with E-state index in [-0.39, 0.29) is 23.8 Å². The third-order valence-electron chi connectivity index (χ3n) is 5.18. The van der Waals surface area contributed by atoms with Gasteiger partial charge in [0.2, 0.25) is 15.9 Å². The Balaban J connectivity index is 1.22. The van der Waals surface area contributed by atoms with Crippen molar-refractivity contribution in [2.24, 2.45) is 0 Å². The molecule has 1 aromatic heterocycles. The van der Waals surface area contributed by atoms with Crippen molar-refractivity contribution in [2.75, 3.05) is 32.7 Å². The van der Waals surface area contributed by atoms with E-state index in [4.69, 9.17) is 0 Å². The molecule has 1 saturated heterocycles. The molecule has 1 aliphatic heterocycles. The molecule has 164 valence electrons. The summed E-state index contributed by atoms with van der Waals surface area (Å²) >= 11 is 1.69. The van der Waals surface area contributed by atoms with Gasteiger partial charge in [-0.1, -0.05) is 12.1 Å². The minimum atomic E-state index is -3.76. The predicted molar refractivity (Wildman–Crippen MR) is 118 cm³/mol. The average Bonchev–Trinajstić information content (AvgIpc) is 3.16. The van der Waals surface area contributed by atoms with E-state index in [1.807, 2.05) is 18.2 Å². The van der Waals surface area contributed by atoms with Gasteiger partial charge < -0.3 is 4.90 Å². The van der Waals surface area contributed by atoms with Crippen LogP contribution in [0.15, 0.2) is 53.4 Å². The first-order valence-corrected chi connectivity index (χ1v) is 12.3. The van der Waals surface area contributed by atoms with E-state index in [1.54, 1.807) is 16.2 Å². The summed E-state index contributed by atoms with van der Waals surface area (Å²) in [5.74, 6) is -0.585. The Bertz CT molecular complexity index is 1120. The fourth-order valence-electron chi connectivity index (χ4n) is 3.48. The summed E-state index contributed by atoms with van der Waals surface area (Å²) in [5.41, 5.74) is 1.01. The van der Waals surface area contributed by atoms with E-state index < -0.39 is 15.8 Å². The zero-order valence-corrected chi connectivity index (χ0v) is 18.5. The van der Waals surface area contributed by atoms with Gasteiger partial charge in [0.15, 0.2) is 0 Å². The number of amides is 1. The van der Waals surface area contributed by atoms with Crippen LogP contribution in [0.2, 0.25) is 0 Å². The van der Waals surface area contributed by atoms with Gasteiger partial charge in [-0.3, -0.25) is 9.69 Å². The van der Waals surface area contributed by atoms with E-state index in [0.29, 0.717) is 13.1 Å². The maximum absolute atomic E-state index is 13.0. The van der Waals surface area contributed by atoms with E-state index in [2.05, 4.69) is 20.7 Å². The van der Waals surface area contributed by atoms with Crippen LogP contribution < -0.4 is 4.72 Å². The summed E-state index contributed by atoms with van der Waals surface area (Å²) in [4.78, 5) is 21.1. The van der Waals surface area contributed by atoms with E-state index >= 15 is 0 Å². The maximum Gasteiger partial charge on any atom is 0.240 e. The molecular weight excluding hydrogens is 439 g/mol. The first-order chi connectivity index (χ1) is 14.9. The van der Waals surface area contributed by atoms with Crippen LogP contribution in [-0.2, 0) is 21.4 Å². The van der Waals surface area contributed by atoms with Crippen LogP contribution in [-0.4, -0.2) is 61.8 Å². The van der Waals surface area contributed by atoms with Gasteiger partial charge in [0.1, 0.15) is 10.8 Å². The van der Waals surface area contributed by atoms with Gasteiger partial charge >= 0.3 is 0 Å². The van der Waals surface area contributed by atoms with Gasteiger partial charge in [0.05, 0.1) is 21.7 Å². The standard InChI is InChI=1S/C21H23FN4O3S2/c22-16-5-7-17(8-6-16)31(28,29)23-10-9-21(27)26-13-11-25(12-14-26)15-20-24-18-3-1-2-4-19(18)30-20/h1-8,23H,9-15H2. The Kier molecular flexibility index (Phi) is 6.61. The number of benzene rings is 2. The number of halogens is 1. The number of fused-ring (bicyclic) bond motifs is 1. The van der Waals surface area contributed by atoms with Crippen molar-refractivity contribution in [1.29, 1.82) is 0 Å². The van der Waals surface area contributed by atoms with Crippen LogP contribution in [0.1, 0.15) is 11.4 Å². The minimum absolute atomic E-state index is 0.00443. The molecule has 2 aromatic carbocycles. The fraction of sp³-hybridized carbons (Fsp3) is 0.333. The number of carbonyl (C=O) groups is 1. The van der Waals surface area contributed by atoms with Crippen LogP contribution >= 0.6 is 11.3 Å². The number of para-hydroxylation sites is 1. The molecule has 31 heavy (non-hydrogen) atoms. The van der Waals surface area contributed by atoms with Crippen molar-refractivity contribution in [1.82, 2.24) is 19.5 Å². The van der Waals surface area contributed by atoms with Crippen molar-refractivity contribution in [3.8, 4) is 0 Å². The van der Waals surface area contributed by atoms with E-state index in [9.17, 15) is 17.6 Å². The maximum atomic E-state index is 13.0. The first-order valence-electron chi connectivity index (χ1n) is 10.0. The highest BCUT2D eigenvalue weighted by Crippen LogP contribution is 2.23. The quantitative estimate of drug-likeness (QED) is 0.583. The third-order valence-corrected chi connectivity index (χ3v) is 7.68. The number of aromatic nitrogens is 1. The fourth-order valence-corrected chi connectivity index (χ4v) is 5.52. The molecule has 1 N–H and O–H groups in total. The Morgan fingerprint density at radius 2 is 1.77 bits per heavy atom. The van der Waals surface area contributed by atoms with Gasteiger partial charge in [0.25, 0.3) is 0 Å². The molecule has 10 heteroatoms. The SMILES string of the molecule is O=C(CCNS(=O)(=O)c1ccc(F)cc1)N1CCN(Cc2nc3ccccc3s2)CC1. The molecule has 0 spiro atoms. The molecule has 4 rings (SSSR count). The van der Waals surface area contributed by atoms with Crippen molar-refractivity contribution in [3.63, 3.8) is 0 Å². The summed E-state index contributed by atoms with van der Waals surface area (Å²) in [6, 6.07) is 12.6. The molecule has 0 unspecified atom stereocenters. The lowest BCUT2D eigenvalue weighted by Crippen LogP contribution is -2.48. The van der Waals surface area contributed by atoms with Gasteiger partial charge in [0, 0.05) is 39.1 Å². The average molecular weight is 463 g/mol. The van der Waals surface area contributed by atoms with Gasteiger partial charge in [-0.15, -0.1) is 11.3 Å². The second-order valence-electron chi connectivity index (χ2n) is 7.33. The Morgan fingerprint density at radius 1 is 1.06 bits per heavy atom. The number of thiazole rings is 1. The zero-order chi connectivity index (χ0) is 21.8. The number of sulfonamides is 1. The second-order valence-corrected chi connectivity index (χ2v) is 10.2. The largest absolute Gasteiger partial charge is 0.340 e. The zero-order valence-electron chi connectivity index (χ0n) is 16.8. The van der Waals surface area contributed by atoms with Crippen LogP contribution in [0.25, 0.3) is 10.2 Å². The molecule has 1 aliphatic rings. The minimum Gasteiger partial charge on any atom is -0.340 e. The number of piperazine rings is 1. The lowest BCUT2D eigenvalue weighted by Gasteiger charge is -2.34.